The van der Waals surface area contributed by atoms with E-state index in [1.807, 2.05) is 0 Å². The van der Waals surface area contributed by atoms with Crippen LogP contribution in [0.25, 0.3) is 0 Å². The topological polar surface area (TPSA) is 49.4 Å². The van der Waals surface area contributed by atoms with E-state index in [9.17, 15) is 8.42 Å². The molecule has 2 fully saturated rings. The van der Waals surface area contributed by atoms with Gasteiger partial charge in [0.25, 0.3) is 0 Å². The van der Waals surface area contributed by atoms with Crippen LogP contribution in [0, 0.1) is 5.92 Å². The first-order chi connectivity index (χ1) is 9.54. The summed E-state index contributed by atoms with van der Waals surface area (Å²) in [5, 5.41) is 0.271. The first kappa shape index (κ1) is 14.3. The van der Waals surface area contributed by atoms with E-state index in [-0.39, 0.29) is 16.0 Å². The van der Waals surface area contributed by atoms with Crippen LogP contribution in [0.2, 0.25) is 5.02 Å². The second kappa shape index (κ2) is 5.64. The maximum Gasteiger partial charge on any atom is 0.242 e. The Morgan fingerprint density at radius 3 is 2.70 bits per heavy atom. The second-order valence-electron chi connectivity index (χ2n) is 5.74. The maximum atomic E-state index is 12.3. The van der Waals surface area contributed by atoms with Gasteiger partial charge in [-0.25, -0.2) is 13.1 Å². The molecule has 1 saturated carbocycles. The highest BCUT2D eigenvalue weighted by atomic mass is 35.5. The molecule has 0 spiro atoms. The van der Waals surface area contributed by atoms with E-state index < -0.39 is 10.0 Å². The van der Waals surface area contributed by atoms with Crippen molar-refractivity contribution in [3.05, 3.63) is 29.3 Å². The maximum absolute atomic E-state index is 12.3. The average molecular weight is 315 g/mol. The number of hydrogen-bond acceptors (Lipinski definition) is 3. The summed E-state index contributed by atoms with van der Waals surface area (Å²) in [6.45, 7) is 2.90. The Balaban J connectivity index is 1.63. The summed E-state index contributed by atoms with van der Waals surface area (Å²) in [5.74, 6) is 0.842. The van der Waals surface area contributed by atoms with E-state index in [1.54, 1.807) is 24.3 Å². The molecule has 2 aliphatic rings. The van der Waals surface area contributed by atoms with Crippen LogP contribution in [0.1, 0.15) is 19.3 Å². The van der Waals surface area contributed by atoms with Gasteiger partial charge < -0.3 is 4.90 Å². The summed E-state index contributed by atoms with van der Waals surface area (Å²) in [5.41, 5.74) is 0. The van der Waals surface area contributed by atoms with Crippen molar-refractivity contribution < 1.29 is 8.42 Å². The van der Waals surface area contributed by atoms with Crippen molar-refractivity contribution in [3.63, 3.8) is 0 Å². The first-order valence-corrected chi connectivity index (χ1v) is 8.90. The first-order valence-electron chi connectivity index (χ1n) is 7.04. The van der Waals surface area contributed by atoms with Crippen LogP contribution in [0.5, 0.6) is 0 Å². The van der Waals surface area contributed by atoms with Gasteiger partial charge in [0.15, 0.2) is 0 Å². The minimum Gasteiger partial charge on any atom is -0.301 e. The minimum absolute atomic E-state index is 0.00461. The number of halogens is 1. The summed E-state index contributed by atoms with van der Waals surface area (Å²) in [6, 6.07) is 6.56. The average Bonchev–Trinajstić information content (AvgIpc) is 3.09. The number of sulfonamides is 1. The molecule has 0 amide bonds. The standard InChI is InChI=1S/C14H19ClN2O2S/c15-13-3-1-2-4-14(13)20(18,19)16-12-7-8-17(10-12)9-11-5-6-11/h1-4,11-12,16H,5-10H2. The molecule has 1 aromatic carbocycles. The van der Waals surface area contributed by atoms with E-state index in [4.69, 9.17) is 11.6 Å². The van der Waals surface area contributed by atoms with Crippen LogP contribution in [0.4, 0.5) is 0 Å². The third-order valence-corrected chi connectivity index (χ3v) is 5.95. The van der Waals surface area contributed by atoms with Gasteiger partial charge in [-0.05, 0) is 43.9 Å². The summed E-state index contributed by atoms with van der Waals surface area (Å²) < 4.78 is 27.5. The molecule has 1 aliphatic heterocycles. The Hall–Kier alpha value is -0.620. The quantitative estimate of drug-likeness (QED) is 0.905. The number of likely N-dealkylation sites (tertiary alicyclic amines) is 1. The molecule has 1 aromatic rings. The SMILES string of the molecule is O=S(=O)(NC1CCN(CC2CC2)C1)c1ccccc1Cl. The zero-order valence-electron chi connectivity index (χ0n) is 11.3. The number of hydrogen-bond donors (Lipinski definition) is 1. The molecule has 6 heteroatoms. The number of nitrogens with one attached hydrogen (secondary N) is 1. The van der Waals surface area contributed by atoms with E-state index in [0.717, 1.165) is 32.0 Å². The Bertz CT molecular complexity index is 587. The molecule has 1 unspecified atom stereocenters. The van der Waals surface area contributed by atoms with Crippen LogP contribution in [0.3, 0.4) is 0 Å². The normalized spacial score (nSPS) is 24.1. The van der Waals surface area contributed by atoms with Crippen LogP contribution in [0.15, 0.2) is 29.2 Å². The van der Waals surface area contributed by atoms with E-state index in [0.29, 0.717) is 0 Å². The van der Waals surface area contributed by atoms with Gasteiger partial charge >= 0.3 is 0 Å². The molecule has 1 heterocycles. The van der Waals surface area contributed by atoms with Gasteiger partial charge in [-0.15, -0.1) is 0 Å². The van der Waals surface area contributed by atoms with Gasteiger partial charge in [0.1, 0.15) is 4.90 Å². The fourth-order valence-corrected chi connectivity index (χ4v) is 4.49. The molecule has 1 N–H and O–H groups in total. The highest BCUT2D eigenvalue weighted by molar-refractivity contribution is 7.89. The monoisotopic (exact) mass is 314 g/mol. The third kappa shape index (κ3) is 3.34. The largest absolute Gasteiger partial charge is 0.301 e. The molecule has 1 saturated heterocycles. The molecule has 0 bridgehead atoms. The van der Waals surface area contributed by atoms with E-state index >= 15 is 0 Å². The highest BCUT2D eigenvalue weighted by Gasteiger charge is 2.31. The second-order valence-corrected chi connectivity index (χ2v) is 7.83. The molecule has 110 valence electrons. The van der Waals surface area contributed by atoms with Crippen molar-refractivity contribution in [1.29, 1.82) is 0 Å². The molecule has 1 atom stereocenters. The minimum atomic E-state index is -3.52. The lowest BCUT2D eigenvalue weighted by atomic mass is 10.3. The number of rotatable bonds is 5. The lowest BCUT2D eigenvalue weighted by Crippen LogP contribution is -2.37. The van der Waals surface area contributed by atoms with E-state index in [1.165, 1.54) is 12.8 Å². The summed E-state index contributed by atoms with van der Waals surface area (Å²) in [4.78, 5) is 2.53. The Morgan fingerprint density at radius 1 is 1.25 bits per heavy atom. The molecular formula is C14H19ClN2O2S. The van der Waals surface area contributed by atoms with Crippen molar-refractivity contribution in [2.75, 3.05) is 19.6 Å². The number of nitrogens with zero attached hydrogens (tertiary/aromatic N) is 1. The Kier molecular flexibility index (Phi) is 4.04. The van der Waals surface area contributed by atoms with Crippen molar-refractivity contribution in [1.82, 2.24) is 9.62 Å². The van der Waals surface area contributed by atoms with Crippen LogP contribution >= 0.6 is 11.6 Å². The lowest BCUT2D eigenvalue weighted by molar-refractivity contribution is 0.318. The van der Waals surface area contributed by atoms with Crippen molar-refractivity contribution >= 4 is 21.6 Å². The Labute approximate surface area is 125 Å². The zero-order valence-corrected chi connectivity index (χ0v) is 12.8. The van der Waals surface area contributed by atoms with Crippen LogP contribution < -0.4 is 4.72 Å². The van der Waals surface area contributed by atoms with Gasteiger partial charge in [0.05, 0.1) is 5.02 Å². The molecule has 1 aliphatic carbocycles. The number of benzene rings is 1. The smallest absolute Gasteiger partial charge is 0.242 e. The Morgan fingerprint density at radius 2 is 2.00 bits per heavy atom. The summed E-state index contributed by atoms with van der Waals surface area (Å²) in [7, 11) is -3.52. The van der Waals surface area contributed by atoms with Gasteiger partial charge in [-0.1, -0.05) is 23.7 Å². The van der Waals surface area contributed by atoms with Gasteiger partial charge in [-0.3, -0.25) is 0 Å². The molecule has 4 nitrogen and oxygen atoms in total. The van der Waals surface area contributed by atoms with Crippen molar-refractivity contribution in [2.45, 2.75) is 30.2 Å². The third-order valence-electron chi connectivity index (χ3n) is 3.93. The highest BCUT2D eigenvalue weighted by Crippen LogP contribution is 2.31. The predicted molar refractivity (Wildman–Crippen MR) is 79.3 cm³/mol. The van der Waals surface area contributed by atoms with Crippen molar-refractivity contribution in [3.8, 4) is 0 Å². The molecule has 20 heavy (non-hydrogen) atoms. The molecular weight excluding hydrogens is 296 g/mol. The summed E-state index contributed by atoms with van der Waals surface area (Å²) in [6.07, 6.45) is 3.52. The van der Waals surface area contributed by atoms with Crippen LogP contribution in [-0.2, 0) is 10.0 Å². The molecule has 0 aromatic heterocycles. The zero-order chi connectivity index (χ0) is 14.2. The molecule has 3 rings (SSSR count). The lowest BCUT2D eigenvalue weighted by Gasteiger charge is -2.16. The van der Waals surface area contributed by atoms with Crippen molar-refractivity contribution in [2.24, 2.45) is 5.92 Å². The van der Waals surface area contributed by atoms with Gasteiger partial charge in [0, 0.05) is 19.1 Å². The molecule has 0 radical (unpaired) electrons. The van der Waals surface area contributed by atoms with E-state index in [2.05, 4.69) is 9.62 Å². The van der Waals surface area contributed by atoms with Crippen LogP contribution in [-0.4, -0.2) is 39.0 Å². The summed E-state index contributed by atoms with van der Waals surface area (Å²) >= 11 is 5.97. The fraction of sp³-hybridized carbons (Fsp3) is 0.571. The van der Waals surface area contributed by atoms with Gasteiger partial charge in [0.2, 0.25) is 10.0 Å². The predicted octanol–water partition coefficient (Wildman–Crippen LogP) is 2.10. The fourth-order valence-electron chi connectivity index (χ4n) is 2.71. The van der Waals surface area contributed by atoms with Gasteiger partial charge in [-0.2, -0.15) is 0 Å².